The fourth-order valence-electron chi connectivity index (χ4n) is 4.54. The molecule has 8 nitrogen and oxygen atoms in total. The number of hydrogen-bond acceptors (Lipinski definition) is 8. The van der Waals surface area contributed by atoms with Crippen molar-refractivity contribution in [3.63, 3.8) is 0 Å². The normalized spacial score (nSPS) is 12.4. The maximum absolute atomic E-state index is 12.0. The molecule has 0 aliphatic heterocycles. The maximum Gasteiger partial charge on any atom is 0.176 e. The molecule has 2 N–H and O–H groups in total. The average molecular weight is 412 g/mol. The third kappa shape index (κ3) is 7.04. The Morgan fingerprint density at radius 2 is 0.586 bits per heavy atom. The highest BCUT2D eigenvalue weighted by atomic mass is 16.5. The number of carbonyl (C=O) groups excluding carboxylic acids is 6. The highest BCUT2D eigenvalue weighted by Crippen LogP contribution is 2.55. The quantitative estimate of drug-likeness (QED) is 0.409. The fourth-order valence-corrected chi connectivity index (χ4v) is 4.54. The van der Waals surface area contributed by atoms with Gasteiger partial charge in [-0.3, -0.25) is 0 Å². The molecule has 0 unspecified atom stereocenters. The zero-order chi connectivity index (χ0) is 23.2. The van der Waals surface area contributed by atoms with E-state index in [4.69, 9.17) is 0 Å². The Bertz CT molecular complexity index is 562. The van der Waals surface area contributed by atoms with E-state index in [2.05, 4.69) is 0 Å². The van der Waals surface area contributed by atoms with Gasteiger partial charge in [-0.15, -0.1) is 0 Å². The molecule has 0 amide bonds. The zero-order valence-electron chi connectivity index (χ0n) is 18.1. The molecule has 0 heterocycles. The third-order valence-electron chi connectivity index (χ3n) is 5.00. The molecule has 0 fully saturated rings. The number of hydrogen-bond donors (Lipinski definition) is 2. The van der Waals surface area contributed by atoms with E-state index in [1.807, 2.05) is 0 Å². The van der Waals surface area contributed by atoms with Gasteiger partial charge in [0.25, 0.3) is 0 Å². The van der Waals surface area contributed by atoms with Gasteiger partial charge in [0.2, 0.25) is 0 Å². The van der Waals surface area contributed by atoms with E-state index in [9.17, 15) is 39.0 Å². The van der Waals surface area contributed by atoms with Crippen LogP contribution in [0.5, 0.6) is 0 Å². The molecule has 8 heteroatoms. The van der Waals surface area contributed by atoms with E-state index < -0.39 is 89.8 Å². The van der Waals surface area contributed by atoms with Crippen LogP contribution in [0, 0.1) is 10.8 Å². The smallest absolute Gasteiger partial charge is 0.176 e. The number of ketones is 6. The van der Waals surface area contributed by atoms with E-state index in [1.165, 1.54) is 41.5 Å². The summed E-state index contributed by atoms with van der Waals surface area (Å²) in [7, 11) is 0. The summed E-state index contributed by atoms with van der Waals surface area (Å²) >= 11 is 0. The fraction of sp³-hybridized carbons (Fsp3) is 0.714. The lowest BCUT2D eigenvalue weighted by Crippen LogP contribution is -2.63. The van der Waals surface area contributed by atoms with Crippen molar-refractivity contribution in [1.82, 2.24) is 0 Å². The number of Topliss-reactive ketones (excluding diaryl/α,β-unsaturated/α-hetero) is 6. The summed E-state index contributed by atoms with van der Waals surface area (Å²) in [6.45, 7) is 7.05. The highest BCUT2D eigenvalue weighted by molar-refractivity contribution is 5.86. The first-order valence-electron chi connectivity index (χ1n) is 9.41. The van der Waals surface area contributed by atoms with Crippen molar-refractivity contribution in [2.75, 3.05) is 0 Å². The summed E-state index contributed by atoms with van der Waals surface area (Å²) in [5.74, 6) is -6.08. The van der Waals surface area contributed by atoms with Crippen LogP contribution in [0.1, 0.15) is 80.1 Å². The molecule has 0 aliphatic carbocycles. The van der Waals surface area contributed by atoms with Crippen LogP contribution in [0.2, 0.25) is 0 Å². The number of rotatable bonds is 14. The first-order valence-corrected chi connectivity index (χ1v) is 9.41. The molecule has 0 aliphatic rings. The molecule has 0 atom stereocenters. The molecular weight excluding hydrogens is 380 g/mol. The monoisotopic (exact) mass is 412 g/mol. The van der Waals surface area contributed by atoms with Crippen molar-refractivity contribution in [1.29, 1.82) is 0 Å². The Labute approximate surface area is 171 Å². The SMILES string of the molecule is CC(=O)CC(CC(C)=O)(CC(C)=O)C(O)(O)C(CC(C)=O)(CC(C)=O)CC(C)=O. The lowest BCUT2D eigenvalue weighted by molar-refractivity contribution is -0.312. The van der Waals surface area contributed by atoms with Crippen molar-refractivity contribution < 1.29 is 39.0 Å². The summed E-state index contributed by atoms with van der Waals surface area (Å²) in [5, 5.41) is 22.9. The van der Waals surface area contributed by atoms with Crippen LogP contribution in [0.3, 0.4) is 0 Å². The van der Waals surface area contributed by atoms with Crippen LogP contribution in [0.25, 0.3) is 0 Å². The molecule has 0 aromatic rings. The second kappa shape index (κ2) is 10.1. The van der Waals surface area contributed by atoms with Crippen molar-refractivity contribution in [3.05, 3.63) is 0 Å². The molecule has 0 rings (SSSR count). The highest BCUT2D eigenvalue weighted by Gasteiger charge is 2.63. The molecule has 0 aromatic carbocycles. The summed E-state index contributed by atoms with van der Waals surface area (Å²) < 4.78 is 0. The van der Waals surface area contributed by atoms with E-state index in [0.717, 1.165) is 0 Å². The predicted octanol–water partition coefficient (Wildman–Crippen LogP) is 1.51. The maximum atomic E-state index is 12.0. The van der Waals surface area contributed by atoms with Gasteiger partial charge in [0.15, 0.2) is 5.79 Å². The Morgan fingerprint density at radius 1 is 0.448 bits per heavy atom. The van der Waals surface area contributed by atoms with Gasteiger partial charge in [-0.2, -0.15) is 0 Å². The van der Waals surface area contributed by atoms with Gasteiger partial charge in [0.05, 0.1) is 0 Å². The van der Waals surface area contributed by atoms with E-state index in [1.54, 1.807) is 0 Å². The first kappa shape index (κ1) is 26.9. The Morgan fingerprint density at radius 3 is 0.690 bits per heavy atom. The van der Waals surface area contributed by atoms with Gasteiger partial charge in [-0.1, -0.05) is 0 Å². The Kier molecular flexibility index (Phi) is 9.40. The predicted molar refractivity (Wildman–Crippen MR) is 104 cm³/mol. The van der Waals surface area contributed by atoms with Gasteiger partial charge in [-0.25, -0.2) is 0 Å². The minimum atomic E-state index is -3.01. The van der Waals surface area contributed by atoms with Crippen molar-refractivity contribution in [2.45, 2.75) is 85.9 Å². The van der Waals surface area contributed by atoms with E-state index in [-0.39, 0.29) is 0 Å². The van der Waals surface area contributed by atoms with Gasteiger partial charge in [0.1, 0.15) is 34.7 Å². The second-order valence-corrected chi connectivity index (χ2v) is 8.51. The third-order valence-corrected chi connectivity index (χ3v) is 5.00. The Balaban J connectivity index is 7.09. The van der Waals surface area contributed by atoms with E-state index >= 15 is 0 Å². The first-order chi connectivity index (χ1) is 13.0. The zero-order valence-corrected chi connectivity index (χ0v) is 18.1. The topological polar surface area (TPSA) is 143 Å². The van der Waals surface area contributed by atoms with Crippen molar-refractivity contribution >= 4 is 34.7 Å². The molecule has 0 spiro atoms. The van der Waals surface area contributed by atoms with Crippen LogP contribution in [-0.2, 0) is 28.8 Å². The largest absolute Gasteiger partial charge is 0.365 e. The van der Waals surface area contributed by atoms with Crippen LogP contribution >= 0.6 is 0 Å². The van der Waals surface area contributed by atoms with Gasteiger partial charge in [0, 0.05) is 49.4 Å². The average Bonchev–Trinajstić information content (AvgIpc) is 2.41. The number of carbonyl (C=O) groups is 6. The lowest BCUT2D eigenvalue weighted by atomic mass is 9.55. The van der Waals surface area contributed by atoms with Gasteiger partial charge >= 0.3 is 0 Å². The minimum absolute atomic E-state index is 0.512. The van der Waals surface area contributed by atoms with E-state index in [0.29, 0.717) is 0 Å². The summed E-state index contributed by atoms with van der Waals surface area (Å²) in [6, 6.07) is 0. The minimum Gasteiger partial charge on any atom is -0.365 e. The van der Waals surface area contributed by atoms with Crippen LogP contribution in [-0.4, -0.2) is 50.7 Å². The molecule has 29 heavy (non-hydrogen) atoms. The van der Waals surface area contributed by atoms with Gasteiger partial charge in [-0.05, 0) is 41.5 Å². The van der Waals surface area contributed by atoms with Crippen LogP contribution in [0.4, 0.5) is 0 Å². The molecule has 0 bridgehead atoms. The summed E-state index contributed by atoms with van der Waals surface area (Å²) in [4.78, 5) is 72.1. The molecule has 0 saturated carbocycles. The van der Waals surface area contributed by atoms with Crippen molar-refractivity contribution in [2.24, 2.45) is 10.8 Å². The second-order valence-electron chi connectivity index (χ2n) is 8.51. The van der Waals surface area contributed by atoms with Crippen LogP contribution < -0.4 is 0 Å². The van der Waals surface area contributed by atoms with Crippen molar-refractivity contribution in [3.8, 4) is 0 Å². The molecular formula is C21H32O8. The Hall–Kier alpha value is -2.06. The van der Waals surface area contributed by atoms with Crippen LogP contribution in [0.15, 0.2) is 0 Å². The molecule has 0 radical (unpaired) electrons. The molecule has 164 valence electrons. The summed E-state index contributed by atoms with van der Waals surface area (Å²) in [6.07, 6.45) is -3.28. The lowest BCUT2D eigenvalue weighted by Gasteiger charge is -2.53. The van der Waals surface area contributed by atoms with Gasteiger partial charge < -0.3 is 39.0 Å². The molecule has 0 aromatic heterocycles. The standard InChI is InChI=1S/C21H32O8/c1-13(22)7-19(8-14(2)23,9-15(3)24)21(28,29)20(10-16(4)25,11-17(5)26)12-18(6)27/h28-29H,7-12H2,1-6H3. The summed E-state index contributed by atoms with van der Waals surface area (Å²) in [5.41, 5.74) is -3.98. The molecule has 0 saturated heterocycles. The number of aliphatic hydroxyl groups is 2.